The first-order valence-corrected chi connectivity index (χ1v) is 5.16. The summed E-state index contributed by atoms with van der Waals surface area (Å²) in [5, 5.41) is -0.255. The van der Waals surface area contributed by atoms with E-state index in [0.717, 1.165) is 5.57 Å². The van der Waals surface area contributed by atoms with Gasteiger partial charge in [-0.1, -0.05) is 18.7 Å². The van der Waals surface area contributed by atoms with Crippen LogP contribution in [0.1, 0.15) is 19.8 Å². The predicted molar refractivity (Wildman–Crippen MR) is 57.5 cm³/mol. The Morgan fingerprint density at radius 1 is 1.71 bits per heavy atom. The van der Waals surface area contributed by atoms with Gasteiger partial charge in [0.15, 0.2) is 0 Å². The van der Waals surface area contributed by atoms with Gasteiger partial charge in [0.05, 0.1) is 18.1 Å². The van der Waals surface area contributed by atoms with Crippen molar-refractivity contribution in [3.8, 4) is 0 Å². The number of hydrogen-bond donors (Lipinski definition) is 0. The minimum absolute atomic E-state index is 0.118. The SMILES string of the molecule is C=C(C)COC1CC(=C)C(F)CC1Cl. The van der Waals surface area contributed by atoms with Crippen molar-refractivity contribution in [2.75, 3.05) is 6.61 Å². The standard InChI is InChI=1S/C11H16ClFO/c1-7(2)6-14-11-4-8(3)10(13)5-9(11)12/h9-11H,1,3-6H2,2H3. The van der Waals surface area contributed by atoms with E-state index in [1.54, 1.807) is 0 Å². The summed E-state index contributed by atoms with van der Waals surface area (Å²) in [5.74, 6) is 0. The number of halogens is 2. The maximum absolute atomic E-state index is 13.1. The van der Waals surface area contributed by atoms with Gasteiger partial charge in [-0.25, -0.2) is 4.39 Å². The molecule has 1 aliphatic carbocycles. The van der Waals surface area contributed by atoms with Crippen molar-refractivity contribution >= 4 is 11.6 Å². The summed E-state index contributed by atoms with van der Waals surface area (Å²) in [5.41, 5.74) is 1.54. The fourth-order valence-corrected chi connectivity index (χ4v) is 1.76. The molecule has 0 heterocycles. The van der Waals surface area contributed by atoms with Gasteiger partial charge < -0.3 is 4.74 Å². The van der Waals surface area contributed by atoms with Gasteiger partial charge in [-0.15, -0.1) is 11.6 Å². The van der Waals surface area contributed by atoms with Crippen LogP contribution in [0.4, 0.5) is 4.39 Å². The lowest BCUT2D eigenvalue weighted by atomic mass is 9.91. The molecule has 0 spiro atoms. The summed E-state index contributed by atoms with van der Waals surface area (Å²) >= 11 is 5.99. The first kappa shape index (κ1) is 11.7. The largest absolute Gasteiger partial charge is 0.372 e. The summed E-state index contributed by atoms with van der Waals surface area (Å²) < 4.78 is 18.7. The van der Waals surface area contributed by atoms with E-state index >= 15 is 0 Å². The number of rotatable bonds is 3. The second kappa shape index (κ2) is 4.94. The molecule has 0 N–H and O–H groups in total. The lowest BCUT2D eigenvalue weighted by Crippen LogP contribution is -2.34. The molecule has 3 unspecified atom stereocenters. The first-order chi connectivity index (χ1) is 6.50. The minimum Gasteiger partial charge on any atom is -0.372 e. The quantitative estimate of drug-likeness (QED) is 0.522. The van der Waals surface area contributed by atoms with E-state index in [4.69, 9.17) is 16.3 Å². The van der Waals surface area contributed by atoms with Crippen molar-refractivity contribution in [2.45, 2.75) is 37.4 Å². The smallest absolute Gasteiger partial charge is 0.122 e. The molecular formula is C11H16ClFO. The number of ether oxygens (including phenoxy) is 1. The summed E-state index contributed by atoms with van der Waals surface area (Å²) in [6.07, 6.45) is -0.265. The molecule has 1 rings (SSSR count). The average Bonchev–Trinajstić information content (AvgIpc) is 2.09. The van der Waals surface area contributed by atoms with Crippen LogP contribution < -0.4 is 0 Å². The average molecular weight is 219 g/mol. The van der Waals surface area contributed by atoms with Gasteiger partial charge in [0.25, 0.3) is 0 Å². The Hall–Kier alpha value is -0.340. The number of alkyl halides is 2. The number of hydrogen-bond acceptors (Lipinski definition) is 1. The Morgan fingerprint density at radius 2 is 2.36 bits per heavy atom. The van der Waals surface area contributed by atoms with Crippen LogP contribution in [0.5, 0.6) is 0 Å². The monoisotopic (exact) mass is 218 g/mol. The van der Waals surface area contributed by atoms with Crippen LogP contribution in [-0.4, -0.2) is 24.3 Å². The summed E-state index contributed by atoms with van der Waals surface area (Å²) in [6, 6.07) is 0. The van der Waals surface area contributed by atoms with Crippen molar-refractivity contribution < 1.29 is 9.13 Å². The molecular weight excluding hydrogens is 203 g/mol. The molecule has 0 radical (unpaired) electrons. The topological polar surface area (TPSA) is 9.23 Å². The molecule has 0 saturated heterocycles. The molecule has 0 aromatic rings. The third kappa shape index (κ3) is 3.10. The van der Waals surface area contributed by atoms with E-state index in [-0.39, 0.29) is 11.5 Å². The van der Waals surface area contributed by atoms with Crippen LogP contribution in [0.3, 0.4) is 0 Å². The Bertz CT molecular complexity index is 239. The third-order valence-corrected chi connectivity index (χ3v) is 2.74. The van der Waals surface area contributed by atoms with Gasteiger partial charge in [-0.2, -0.15) is 0 Å². The minimum atomic E-state index is -0.970. The third-order valence-electron chi connectivity index (χ3n) is 2.29. The van der Waals surface area contributed by atoms with E-state index in [2.05, 4.69) is 13.2 Å². The molecule has 80 valence electrons. The Kier molecular flexibility index (Phi) is 4.14. The van der Waals surface area contributed by atoms with Gasteiger partial charge >= 0.3 is 0 Å². The molecule has 0 amide bonds. The lowest BCUT2D eigenvalue weighted by molar-refractivity contribution is 0.0472. The van der Waals surface area contributed by atoms with Crippen molar-refractivity contribution in [3.05, 3.63) is 24.3 Å². The molecule has 1 aliphatic rings. The lowest BCUT2D eigenvalue weighted by Gasteiger charge is -2.30. The van der Waals surface area contributed by atoms with Crippen molar-refractivity contribution in [3.63, 3.8) is 0 Å². The zero-order chi connectivity index (χ0) is 10.7. The maximum atomic E-state index is 13.1. The van der Waals surface area contributed by atoms with Gasteiger partial charge in [-0.3, -0.25) is 0 Å². The zero-order valence-electron chi connectivity index (χ0n) is 8.43. The molecule has 1 saturated carbocycles. The molecule has 1 nitrogen and oxygen atoms in total. The van der Waals surface area contributed by atoms with E-state index in [0.29, 0.717) is 25.0 Å². The highest BCUT2D eigenvalue weighted by Crippen LogP contribution is 2.31. The van der Waals surface area contributed by atoms with Crippen molar-refractivity contribution in [2.24, 2.45) is 0 Å². The predicted octanol–water partition coefficient (Wildman–Crippen LogP) is 3.24. The van der Waals surface area contributed by atoms with Crippen molar-refractivity contribution in [1.82, 2.24) is 0 Å². The summed E-state index contributed by atoms with van der Waals surface area (Å²) in [4.78, 5) is 0. The van der Waals surface area contributed by atoms with E-state index in [9.17, 15) is 4.39 Å². The second-order valence-electron chi connectivity index (χ2n) is 3.89. The molecule has 1 fully saturated rings. The van der Waals surface area contributed by atoms with Crippen LogP contribution in [0.25, 0.3) is 0 Å². The fourth-order valence-electron chi connectivity index (χ4n) is 1.44. The normalized spacial score (nSPS) is 33.1. The fraction of sp³-hybridized carbons (Fsp3) is 0.636. The molecule has 0 bridgehead atoms. The van der Waals surface area contributed by atoms with Crippen LogP contribution >= 0.6 is 11.6 Å². The molecule has 3 atom stereocenters. The van der Waals surface area contributed by atoms with Gasteiger partial charge in [0.2, 0.25) is 0 Å². The summed E-state index contributed by atoms with van der Waals surface area (Å²) in [7, 11) is 0. The Balaban J connectivity index is 2.45. The molecule has 0 aromatic carbocycles. The van der Waals surface area contributed by atoms with Gasteiger partial charge in [-0.05, 0) is 18.9 Å². The van der Waals surface area contributed by atoms with E-state index in [1.165, 1.54) is 0 Å². The molecule has 0 aliphatic heterocycles. The summed E-state index contributed by atoms with van der Waals surface area (Å²) in [6.45, 7) is 9.78. The highest BCUT2D eigenvalue weighted by atomic mass is 35.5. The second-order valence-corrected chi connectivity index (χ2v) is 4.45. The highest BCUT2D eigenvalue weighted by molar-refractivity contribution is 6.21. The van der Waals surface area contributed by atoms with E-state index < -0.39 is 6.17 Å². The van der Waals surface area contributed by atoms with Crippen LogP contribution in [0.15, 0.2) is 24.3 Å². The van der Waals surface area contributed by atoms with Crippen molar-refractivity contribution in [1.29, 1.82) is 0 Å². The maximum Gasteiger partial charge on any atom is 0.122 e. The van der Waals surface area contributed by atoms with Crippen LogP contribution in [0.2, 0.25) is 0 Å². The van der Waals surface area contributed by atoms with Crippen LogP contribution in [0, 0.1) is 0 Å². The Morgan fingerprint density at radius 3 is 2.93 bits per heavy atom. The van der Waals surface area contributed by atoms with Crippen LogP contribution in [-0.2, 0) is 4.74 Å². The van der Waals surface area contributed by atoms with Gasteiger partial charge in [0.1, 0.15) is 6.17 Å². The van der Waals surface area contributed by atoms with Gasteiger partial charge in [0, 0.05) is 6.42 Å². The highest BCUT2D eigenvalue weighted by Gasteiger charge is 2.32. The molecule has 14 heavy (non-hydrogen) atoms. The zero-order valence-corrected chi connectivity index (χ0v) is 9.19. The molecule has 3 heteroatoms. The van der Waals surface area contributed by atoms with E-state index in [1.807, 2.05) is 6.92 Å². The Labute approximate surface area is 89.6 Å². The molecule has 0 aromatic heterocycles. The first-order valence-electron chi connectivity index (χ1n) is 4.72.